The number of carbonyl (C=O) groups is 1. The maximum Gasteiger partial charge on any atom is 0.228 e. The number of benzene rings is 1. The van der Waals surface area contributed by atoms with Gasteiger partial charge < -0.3 is 10.2 Å². The average molecular weight is 318 g/mol. The van der Waals surface area contributed by atoms with Gasteiger partial charge in [-0.15, -0.1) is 11.3 Å². The van der Waals surface area contributed by atoms with Crippen molar-refractivity contribution in [1.29, 1.82) is 0 Å². The second kappa shape index (κ2) is 6.58. The maximum absolute atomic E-state index is 13.5. The minimum atomic E-state index is -0.260. The van der Waals surface area contributed by atoms with Gasteiger partial charge >= 0.3 is 0 Å². The first-order valence-corrected chi connectivity index (χ1v) is 8.26. The van der Waals surface area contributed by atoms with E-state index in [2.05, 4.69) is 5.32 Å². The summed E-state index contributed by atoms with van der Waals surface area (Å²) < 4.78 is 13.5. The second-order valence-electron chi connectivity index (χ2n) is 5.55. The molecular formula is C17H19FN2OS. The number of piperazine rings is 1. The molecule has 1 unspecified atom stereocenters. The molecule has 0 radical (unpaired) electrons. The van der Waals surface area contributed by atoms with Crippen molar-refractivity contribution >= 4 is 17.2 Å². The third kappa shape index (κ3) is 3.36. The summed E-state index contributed by atoms with van der Waals surface area (Å²) in [5.41, 5.74) is 0.850. The molecule has 2 heterocycles. The molecule has 3 nitrogen and oxygen atoms in total. The standard InChI is InChI=1S/C17H19FN2OS/c1-12-5-6-15(22-12)10-17(21)20-8-7-19-11-16(20)13-3-2-4-14(18)9-13/h2-6,9,16,19H,7-8,10-11H2,1H3. The Kier molecular flexibility index (Phi) is 4.55. The molecule has 1 saturated heterocycles. The third-order valence-electron chi connectivity index (χ3n) is 3.92. The van der Waals surface area contributed by atoms with Crippen molar-refractivity contribution < 1.29 is 9.18 Å². The molecule has 3 rings (SSSR count). The van der Waals surface area contributed by atoms with Gasteiger partial charge in [-0.25, -0.2) is 4.39 Å². The Bertz CT molecular complexity index is 670. The number of rotatable bonds is 3. The molecule has 0 bridgehead atoms. The quantitative estimate of drug-likeness (QED) is 0.944. The zero-order chi connectivity index (χ0) is 15.5. The molecule has 1 atom stereocenters. The molecule has 1 aromatic heterocycles. The number of carbonyl (C=O) groups excluding carboxylic acids is 1. The van der Waals surface area contributed by atoms with Crippen LogP contribution in [0.25, 0.3) is 0 Å². The highest BCUT2D eigenvalue weighted by atomic mass is 32.1. The molecule has 1 amide bonds. The van der Waals surface area contributed by atoms with Crippen molar-refractivity contribution in [1.82, 2.24) is 10.2 Å². The molecule has 0 spiro atoms. The Hall–Kier alpha value is -1.72. The van der Waals surface area contributed by atoms with Crippen LogP contribution in [0.4, 0.5) is 4.39 Å². The average Bonchev–Trinajstić information content (AvgIpc) is 2.92. The molecule has 116 valence electrons. The second-order valence-corrected chi connectivity index (χ2v) is 6.92. The lowest BCUT2D eigenvalue weighted by atomic mass is 10.0. The number of hydrogen-bond acceptors (Lipinski definition) is 3. The van der Waals surface area contributed by atoms with Gasteiger partial charge in [-0.05, 0) is 36.8 Å². The number of aryl methyl sites for hydroxylation is 1. The highest BCUT2D eigenvalue weighted by Crippen LogP contribution is 2.25. The topological polar surface area (TPSA) is 32.3 Å². The summed E-state index contributed by atoms with van der Waals surface area (Å²) in [6, 6.07) is 10.5. The van der Waals surface area contributed by atoms with Gasteiger partial charge in [-0.3, -0.25) is 4.79 Å². The van der Waals surface area contributed by atoms with Gasteiger partial charge in [0.05, 0.1) is 12.5 Å². The van der Waals surface area contributed by atoms with Crippen LogP contribution in [0, 0.1) is 12.7 Å². The minimum Gasteiger partial charge on any atom is -0.333 e. The van der Waals surface area contributed by atoms with Gasteiger partial charge in [-0.2, -0.15) is 0 Å². The maximum atomic E-state index is 13.5. The summed E-state index contributed by atoms with van der Waals surface area (Å²) in [4.78, 5) is 16.8. The van der Waals surface area contributed by atoms with Crippen LogP contribution in [0.3, 0.4) is 0 Å². The van der Waals surface area contributed by atoms with E-state index < -0.39 is 0 Å². The van der Waals surface area contributed by atoms with Crippen LogP contribution < -0.4 is 5.32 Å². The van der Waals surface area contributed by atoms with Crippen molar-refractivity contribution in [3.63, 3.8) is 0 Å². The van der Waals surface area contributed by atoms with Crippen molar-refractivity contribution in [3.05, 3.63) is 57.5 Å². The molecule has 0 saturated carbocycles. The highest BCUT2D eigenvalue weighted by molar-refractivity contribution is 7.12. The molecule has 1 N–H and O–H groups in total. The summed E-state index contributed by atoms with van der Waals surface area (Å²) in [6.45, 7) is 4.14. The van der Waals surface area contributed by atoms with Crippen LogP contribution in [0.1, 0.15) is 21.4 Å². The first-order chi connectivity index (χ1) is 10.6. The Morgan fingerprint density at radius 2 is 2.27 bits per heavy atom. The van der Waals surface area contributed by atoms with E-state index in [0.717, 1.165) is 17.0 Å². The summed E-state index contributed by atoms with van der Waals surface area (Å²) in [5, 5.41) is 3.29. The van der Waals surface area contributed by atoms with E-state index in [1.807, 2.05) is 30.0 Å². The van der Waals surface area contributed by atoms with Crippen LogP contribution in [0.15, 0.2) is 36.4 Å². The van der Waals surface area contributed by atoms with Crippen molar-refractivity contribution in [2.24, 2.45) is 0 Å². The number of hydrogen-bond donors (Lipinski definition) is 1. The van der Waals surface area contributed by atoms with E-state index in [0.29, 0.717) is 19.5 Å². The summed E-state index contributed by atoms with van der Waals surface area (Å²) >= 11 is 1.66. The lowest BCUT2D eigenvalue weighted by molar-refractivity contribution is -0.133. The van der Waals surface area contributed by atoms with Crippen LogP contribution in [-0.4, -0.2) is 30.4 Å². The predicted octanol–water partition coefficient (Wildman–Crippen LogP) is 2.91. The molecule has 1 fully saturated rings. The molecule has 1 aromatic carbocycles. The lowest BCUT2D eigenvalue weighted by Crippen LogP contribution is -2.49. The Balaban J connectivity index is 1.78. The molecule has 1 aliphatic heterocycles. The van der Waals surface area contributed by atoms with Gasteiger partial charge in [0.1, 0.15) is 5.82 Å². The van der Waals surface area contributed by atoms with Crippen molar-refractivity contribution in [2.75, 3.05) is 19.6 Å². The van der Waals surface area contributed by atoms with Gasteiger partial charge in [0.2, 0.25) is 5.91 Å². The van der Waals surface area contributed by atoms with E-state index >= 15 is 0 Å². The first-order valence-electron chi connectivity index (χ1n) is 7.44. The molecule has 5 heteroatoms. The minimum absolute atomic E-state index is 0.0991. The highest BCUT2D eigenvalue weighted by Gasteiger charge is 2.28. The third-order valence-corrected chi connectivity index (χ3v) is 4.92. The zero-order valence-electron chi connectivity index (χ0n) is 12.5. The van der Waals surface area contributed by atoms with E-state index in [9.17, 15) is 9.18 Å². The summed E-state index contributed by atoms with van der Waals surface area (Å²) in [6.07, 6.45) is 0.421. The lowest BCUT2D eigenvalue weighted by Gasteiger charge is -2.36. The Morgan fingerprint density at radius 1 is 1.41 bits per heavy atom. The summed E-state index contributed by atoms with van der Waals surface area (Å²) in [7, 11) is 0. The smallest absolute Gasteiger partial charge is 0.228 e. The van der Waals surface area contributed by atoms with E-state index in [1.54, 1.807) is 17.4 Å². The van der Waals surface area contributed by atoms with Gasteiger partial charge in [0, 0.05) is 29.4 Å². The fourth-order valence-corrected chi connectivity index (χ4v) is 3.73. The number of amides is 1. The van der Waals surface area contributed by atoms with Gasteiger partial charge in [0.15, 0.2) is 0 Å². The number of nitrogens with one attached hydrogen (secondary N) is 1. The SMILES string of the molecule is Cc1ccc(CC(=O)N2CCNCC2c2cccc(F)c2)s1. The van der Waals surface area contributed by atoms with E-state index in [1.165, 1.54) is 17.0 Å². The van der Waals surface area contributed by atoms with Crippen LogP contribution in [-0.2, 0) is 11.2 Å². The first kappa shape index (κ1) is 15.2. The van der Waals surface area contributed by atoms with Gasteiger partial charge in [-0.1, -0.05) is 12.1 Å². The van der Waals surface area contributed by atoms with Gasteiger partial charge in [0.25, 0.3) is 0 Å². The van der Waals surface area contributed by atoms with Crippen LogP contribution >= 0.6 is 11.3 Å². The molecular weight excluding hydrogens is 299 g/mol. The molecule has 0 aliphatic carbocycles. The summed E-state index contributed by atoms with van der Waals surface area (Å²) in [5.74, 6) is -0.151. The van der Waals surface area contributed by atoms with Crippen LogP contribution in [0.5, 0.6) is 0 Å². The van der Waals surface area contributed by atoms with Crippen molar-refractivity contribution in [2.45, 2.75) is 19.4 Å². The van der Waals surface area contributed by atoms with Crippen LogP contribution in [0.2, 0.25) is 0 Å². The Labute approximate surface area is 133 Å². The Morgan fingerprint density at radius 3 is 3.00 bits per heavy atom. The van der Waals surface area contributed by atoms with E-state index in [4.69, 9.17) is 0 Å². The number of nitrogens with zero attached hydrogens (tertiary/aromatic N) is 1. The molecule has 1 aliphatic rings. The number of halogens is 1. The fraction of sp³-hybridized carbons (Fsp3) is 0.353. The monoisotopic (exact) mass is 318 g/mol. The predicted molar refractivity (Wildman–Crippen MR) is 86.5 cm³/mol. The normalized spacial score (nSPS) is 18.5. The number of thiophene rings is 1. The van der Waals surface area contributed by atoms with E-state index in [-0.39, 0.29) is 17.8 Å². The largest absolute Gasteiger partial charge is 0.333 e. The zero-order valence-corrected chi connectivity index (χ0v) is 13.3. The molecule has 22 heavy (non-hydrogen) atoms. The van der Waals surface area contributed by atoms with Crippen molar-refractivity contribution in [3.8, 4) is 0 Å². The molecule has 2 aromatic rings. The fourth-order valence-electron chi connectivity index (χ4n) is 2.85.